The van der Waals surface area contributed by atoms with Crippen molar-refractivity contribution >= 4 is 29.0 Å². The molecule has 0 radical (unpaired) electrons. The van der Waals surface area contributed by atoms with Crippen LogP contribution >= 0.6 is 11.6 Å². The predicted molar refractivity (Wildman–Crippen MR) is 69.5 cm³/mol. The highest BCUT2D eigenvalue weighted by Gasteiger charge is 2.18. The summed E-state index contributed by atoms with van der Waals surface area (Å²) in [5.41, 5.74) is 0.0659. The van der Waals surface area contributed by atoms with E-state index in [9.17, 15) is 14.9 Å². The fraction of sp³-hybridized carbons (Fsp3) is 0.364. The molecule has 2 rings (SSSR count). The summed E-state index contributed by atoms with van der Waals surface area (Å²) >= 11 is 5.68. The Kier molecular flexibility index (Phi) is 4.18. The topological polar surface area (TPSA) is 93.5 Å². The molecule has 1 aromatic rings. The molecule has 1 aliphatic rings. The molecular weight excluding hydrogens is 274 g/mol. The van der Waals surface area contributed by atoms with Gasteiger partial charge in [0, 0.05) is 18.4 Å². The number of hydrogen-bond donors (Lipinski definition) is 2. The average Bonchev–Trinajstić information content (AvgIpc) is 2.84. The van der Waals surface area contributed by atoms with Gasteiger partial charge in [0.15, 0.2) is 0 Å². The lowest BCUT2D eigenvalue weighted by Gasteiger charge is -2.11. The van der Waals surface area contributed by atoms with Crippen LogP contribution in [-0.4, -0.2) is 30.2 Å². The van der Waals surface area contributed by atoms with Crippen LogP contribution in [0.4, 0.5) is 16.2 Å². The second kappa shape index (κ2) is 5.85. The Labute approximate surface area is 114 Å². The number of nitro groups is 1. The number of amides is 2. The Bertz CT molecular complexity index is 503. The van der Waals surface area contributed by atoms with Crippen LogP contribution in [0.15, 0.2) is 18.2 Å². The molecule has 1 aliphatic heterocycles. The summed E-state index contributed by atoms with van der Waals surface area (Å²) in [5.74, 6) is 0. The zero-order chi connectivity index (χ0) is 13.8. The fourth-order valence-electron chi connectivity index (χ4n) is 1.73. The third-order valence-corrected chi connectivity index (χ3v) is 2.99. The van der Waals surface area contributed by atoms with E-state index in [2.05, 4.69) is 10.6 Å². The first-order chi connectivity index (χ1) is 9.06. The molecule has 1 aromatic carbocycles. The third-order valence-electron chi connectivity index (χ3n) is 2.67. The van der Waals surface area contributed by atoms with Gasteiger partial charge >= 0.3 is 6.03 Å². The standard InChI is InChI=1S/C11H12ClN3O4/c12-9-2-1-7(5-10(9)15(17)18)13-11(16)14-8-3-4-19-6-8/h1-2,5,8H,3-4,6H2,(H2,13,14,16). The average molecular weight is 286 g/mol. The zero-order valence-electron chi connectivity index (χ0n) is 9.89. The number of halogens is 1. The minimum absolute atomic E-state index is 0.0257. The van der Waals surface area contributed by atoms with Gasteiger partial charge in [-0.2, -0.15) is 0 Å². The highest BCUT2D eigenvalue weighted by atomic mass is 35.5. The highest BCUT2D eigenvalue weighted by molar-refractivity contribution is 6.32. The molecule has 1 heterocycles. The van der Waals surface area contributed by atoms with Crippen molar-refractivity contribution in [3.63, 3.8) is 0 Å². The lowest BCUT2D eigenvalue weighted by atomic mass is 10.2. The number of nitro benzene ring substituents is 1. The number of carbonyl (C=O) groups excluding carboxylic acids is 1. The number of rotatable bonds is 3. The van der Waals surface area contributed by atoms with Crippen molar-refractivity contribution in [3.8, 4) is 0 Å². The van der Waals surface area contributed by atoms with Crippen LogP contribution < -0.4 is 10.6 Å². The summed E-state index contributed by atoms with van der Waals surface area (Å²) in [5, 5.41) is 16.0. The van der Waals surface area contributed by atoms with Crippen molar-refractivity contribution in [3.05, 3.63) is 33.3 Å². The fourth-order valence-corrected chi connectivity index (χ4v) is 1.92. The Balaban J connectivity index is 2.00. The summed E-state index contributed by atoms with van der Waals surface area (Å²) in [6.45, 7) is 1.10. The molecule has 19 heavy (non-hydrogen) atoms. The van der Waals surface area contributed by atoms with Crippen molar-refractivity contribution < 1.29 is 14.5 Å². The van der Waals surface area contributed by atoms with Gasteiger partial charge in [-0.3, -0.25) is 10.1 Å². The maximum absolute atomic E-state index is 11.7. The minimum Gasteiger partial charge on any atom is -0.379 e. The monoisotopic (exact) mass is 285 g/mol. The number of nitrogens with one attached hydrogen (secondary N) is 2. The van der Waals surface area contributed by atoms with Crippen LogP contribution in [0.5, 0.6) is 0 Å². The second-order valence-electron chi connectivity index (χ2n) is 4.08. The van der Waals surface area contributed by atoms with Gasteiger partial charge in [0.25, 0.3) is 5.69 Å². The van der Waals surface area contributed by atoms with Gasteiger partial charge in [-0.05, 0) is 18.6 Å². The van der Waals surface area contributed by atoms with Crippen LogP contribution in [-0.2, 0) is 4.74 Å². The smallest absolute Gasteiger partial charge is 0.319 e. The van der Waals surface area contributed by atoms with Crippen LogP contribution in [0.3, 0.4) is 0 Å². The lowest BCUT2D eigenvalue weighted by Crippen LogP contribution is -2.38. The van der Waals surface area contributed by atoms with Gasteiger partial charge in [-0.25, -0.2) is 4.79 Å². The highest BCUT2D eigenvalue weighted by Crippen LogP contribution is 2.27. The van der Waals surface area contributed by atoms with Crippen molar-refractivity contribution in [2.75, 3.05) is 18.5 Å². The molecule has 2 N–H and O–H groups in total. The number of urea groups is 1. The van der Waals surface area contributed by atoms with Gasteiger partial charge in [-0.1, -0.05) is 11.6 Å². The van der Waals surface area contributed by atoms with E-state index < -0.39 is 11.0 Å². The summed E-state index contributed by atoms with van der Waals surface area (Å²) in [6.07, 6.45) is 0.758. The van der Waals surface area contributed by atoms with Crippen LogP contribution in [0.1, 0.15) is 6.42 Å². The molecule has 0 aliphatic carbocycles. The largest absolute Gasteiger partial charge is 0.379 e. The maximum atomic E-state index is 11.7. The van der Waals surface area contributed by atoms with Gasteiger partial charge < -0.3 is 15.4 Å². The van der Waals surface area contributed by atoms with E-state index in [0.717, 1.165) is 6.42 Å². The first kappa shape index (κ1) is 13.6. The molecule has 8 heteroatoms. The van der Waals surface area contributed by atoms with Crippen LogP contribution in [0.2, 0.25) is 5.02 Å². The SMILES string of the molecule is O=C(Nc1ccc(Cl)c([N+](=O)[O-])c1)NC1CCOC1. The van der Waals surface area contributed by atoms with E-state index in [4.69, 9.17) is 16.3 Å². The quantitative estimate of drug-likeness (QED) is 0.657. The Morgan fingerprint density at radius 2 is 2.32 bits per heavy atom. The predicted octanol–water partition coefficient (Wildman–Crippen LogP) is 2.16. The van der Waals surface area contributed by atoms with Crippen LogP contribution in [0, 0.1) is 10.1 Å². The molecule has 0 bridgehead atoms. The summed E-state index contributed by atoms with van der Waals surface area (Å²) in [7, 11) is 0. The second-order valence-corrected chi connectivity index (χ2v) is 4.49. The van der Waals surface area contributed by atoms with E-state index in [1.807, 2.05) is 0 Å². The number of ether oxygens (including phenoxy) is 1. The number of anilines is 1. The molecule has 1 saturated heterocycles. The summed E-state index contributed by atoms with van der Waals surface area (Å²) in [6, 6.07) is 3.63. The number of benzene rings is 1. The Morgan fingerprint density at radius 1 is 1.53 bits per heavy atom. The van der Waals surface area contributed by atoms with Gasteiger partial charge in [-0.15, -0.1) is 0 Å². The lowest BCUT2D eigenvalue weighted by molar-refractivity contribution is -0.384. The number of carbonyl (C=O) groups is 1. The van der Waals surface area contributed by atoms with Crippen LogP contribution in [0.25, 0.3) is 0 Å². The first-order valence-corrected chi connectivity index (χ1v) is 6.03. The van der Waals surface area contributed by atoms with Gasteiger partial charge in [0.1, 0.15) is 5.02 Å². The molecule has 7 nitrogen and oxygen atoms in total. The van der Waals surface area contributed by atoms with Crippen molar-refractivity contribution in [1.82, 2.24) is 5.32 Å². The van der Waals surface area contributed by atoms with Crippen molar-refractivity contribution in [2.45, 2.75) is 12.5 Å². The normalized spacial score (nSPS) is 18.1. The van der Waals surface area contributed by atoms with E-state index in [0.29, 0.717) is 18.9 Å². The van der Waals surface area contributed by atoms with Crippen molar-refractivity contribution in [2.24, 2.45) is 0 Å². The number of hydrogen-bond acceptors (Lipinski definition) is 4. The molecule has 0 saturated carbocycles. The van der Waals surface area contributed by atoms with Gasteiger partial charge in [0.2, 0.25) is 0 Å². The summed E-state index contributed by atoms with van der Waals surface area (Å²) < 4.78 is 5.13. The van der Waals surface area contributed by atoms with E-state index in [1.54, 1.807) is 0 Å². The molecule has 1 atom stereocenters. The van der Waals surface area contributed by atoms with E-state index in [1.165, 1.54) is 18.2 Å². The molecule has 1 fully saturated rings. The third kappa shape index (κ3) is 3.55. The van der Waals surface area contributed by atoms with E-state index in [-0.39, 0.29) is 16.8 Å². The zero-order valence-corrected chi connectivity index (χ0v) is 10.6. The Morgan fingerprint density at radius 3 is 2.95 bits per heavy atom. The summed E-state index contributed by atoms with van der Waals surface area (Å²) in [4.78, 5) is 21.8. The molecule has 2 amide bonds. The van der Waals surface area contributed by atoms with Gasteiger partial charge in [0.05, 0.1) is 17.6 Å². The van der Waals surface area contributed by atoms with E-state index >= 15 is 0 Å². The minimum atomic E-state index is -0.601. The molecule has 0 aromatic heterocycles. The first-order valence-electron chi connectivity index (χ1n) is 5.65. The molecule has 102 valence electrons. The maximum Gasteiger partial charge on any atom is 0.319 e. The number of nitrogens with zero attached hydrogens (tertiary/aromatic N) is 1. The molecule has 1 unspecified atom stereocenters. The Hall–Kier alpha value is -1.86. The van der Waals surface area contributed by atoms with Crippen molar-refractivity contribution in [1.29, 1.82) is 0 Å². The molecule has 0 spiro atoms. The molecular formula is C11H12ClN3O4.